The number of hydrogen-bond donors (Lipinski definition) is 2. The molecule has 112 valence electrons. The Morgan fingerprint density at radius 2 is 2.20 bits per heavy atom. The van der Waals surface area contributed by atoms with Crippen molar-refractivity contribution in [1.82, 2.24) is 15.5 Å². The average molecular weight is 314 g/mol. The summed E-state index contributed by atoms with van der Waals surface area (Å²) in [4.78, 5) is 12.3. The summed E-state index contributed by atoms with van der Waals surface area (Å²) in [5.74, 6) is 1.30. The van der Waals surface area contributed by atoms with Gasteiger partial charge < -0.3 is 11.1 Å². The van der Waals surface area contributed by atoms with Gasteiger partial charge in [-0.3, -0.25) is 4.79 Å². The first-order valence-corrected chi connectivity index (χ1v) is 8.73. The molecule has 0 aromatic carbocycles. The quantitative estimate of drug-likeness (QED) is 0.835. The number of nitrogens with two attached hydrogens (primary N) is 1. The van der Waals surface area contributed by atoms with Gasteiger partial charge >= 0.3 is 0 Å². The molecule has 0 spiro atoms. The molecule has 0 bridgehead atoms. The largest absolute Gasteiger partial charge is 0.374 e. The van der Waals surface area contributed by atoms with E-state index < -0.39 is 0 Å². The van der Waals surface area contributed by atoms with E-state index in [0.29, 0.717) is 23.0 Å². The van der Waals surface area contributed by atoms with Crippen LogP contribution >= 0.6 is 23.1 Å². The van der Waals surface area contributed by atoms with E-state index in [-0.39, 0.29) is 11.2 Å². The number of aromatic nitrogens is 2. The van der Waals surface area contributed by atoms with Crippen molar-refractivity contribution < 1.29 is 4.79 Å². The van der Waals surface area contributed by atoms with Gasteiger partial charge in [0.25, 0.3) is 0 Å². The van der Waals surface area contributed by atoms with Crippen LogP contribution in [-0.2, 0) is 4.79 Å². The van der Waals surface area contributed by atoms with Gasteiger partial charge in [0, 0.05) is 6.04 Å². The minimum absolute atomic E-state index is 0.0784. The summed E-state index contributed by atoms with van der Waals surface area (Å²) in [6, 6.07) is 0.300. The molecule has 4 unspecified atom stereocenters. The van der Waals surface area contributed by atoms with Crippen molar-refractivity contribution in [2.24, 2.45) is 11.8 Å². The van der Waals surface area contributed by atoms with Crippen LogP contribution in [-0.4, -0.2) is 27.4 Å². The normalized spacial score (nSPS) is 28.1. The molecule has 1 aromatic rings. The highest BCUT2D eigenvalue weighted by Gasteiger charge is 2.29. The Morgan fingerprint density at radius 1 is 1.45 bits per heavy atom. The van der Waals surface area contributed by atoms with Crippen molar-refractivity contribution in [3.63, 3.8) is 0 Å². The second kappa shape index (κ2) is 6.76. The van der Waals surface area contributed by atoms with Crippen LogP contribution < -0.4 is 11.1 Å². The van der Waals surface area contributed by atoms with Gasteiger partial charge in [0.05, 0.1) is 5.25 Å². The SMILES string of the molecule is CC(Sc1nnc(N)s1)C(=O)NC1CCCC(C)C1C. The van der Waals surface area contributed by atoms with E-state index in [1.165, 1.54) is 35.9 Å². The number of nitrogens with one attached hydrogen (secondary N) is 1. The van der Waals surface area contributed by atoms with E-state index in [2.05, 4.69) is 29.4 Å². The number of carbonyl (C=O) groups excluding carboxylic acids is 1. The third-order valence-electron chi connectivity index (χ3n) is 4.10. The summed E-state index contributed by atoms with van der Waals surface area (Å²) in [6.07, 6.45) is 3.55. The topological polar surface area (TPSA) is 80.9 Å². The molecule has 4 atom stereocenters. The predicted molar refractivity (Wildman–Crippen MR) is 83.8 cm³/mol. The summed E-state index contributed by atoms with van der Waals surface area (Å²) >= 11 is 2.73. The van der Waals surface area contributed by atoms with Crippen LogP contribution in [0.25, 0.3) is 0 Å². The van der Waals surface area contributed by atoms with E-state index in [4.69, 9.17) is 5.73 Å². The van der Waals surface area contributed by atoms with Crippen LogP contribution in [0, 0.1) is 11.8 Å². The summed E-state index contributed by atoms with van der Waals surface area (Å²) in [5, 5.41) is 11.2. The number of hydrogen-bond acceptors (Lipinski definition) is 6. The van der Waals surface area contributed by atoms with Gasteiger partial charge in [-0.15, -0.1) is 10.2 Å². The summed E-state index contributed by atoms with van der Waals surface area (Å²) < 4.78 is 0.746. The molecule has 5 nitrogen and oxygen atoms in total. The monoisotopic (exact) mass is 314 g/mol. The minimum Gasteiger partial charge on any atom is -0.374 e. The minimum atomic E-state index is -0.174. The Labute approximate surface area is 128 Å². The molecule has 0 aliphatic heterocycles. The zero-order valence-corrected chi connectivity index (χ0v) is 13.8. The van der Waals surface area contributed by atoms with Crippen LogP contribution in [0.1, 0.15) is 40.0 Å². The van der Waals surface area contributed by atoms with Crippen molar-refractivity contribution in [3.8, 4) is 0 Å². The second-order valence-corrected chi connectivity index (χ2v) is 8.15. The zero-order valence-electron chi connectivity index (χ0n) is 12.1. The molecular formula is C13H22N4OS2. The van der Waals surface area contributed by atoms with Crippen LogP contribution in [0.5, 0.6) is 0 Å². The van der Waals surface area contributed by atoms with E-state index in [1.54, 1.807) is 0 Å². The lowest BCUT2D eigenvalue weighted by molar-refractivity contribution is -0.121. The number of nitrogens with zero attached hydrogens (tertiary/aromatic N) is 2. The Kier molecular flexibility index (Phi) is 5.26. The number of amides is 1. The average Bonchev–Trinajstić information content (AvgIpc) is 2.80. The van der Waals surface area contributed by atoms with Gasteiger partial charge in [0.1, 0.15) is 0 Å². The van der Waals surface area contributed by atoms with Crippen LogP contribution in [0.3, 0.4) is 0 Å². The maximum atomic E-state index is 12.3. The molecule has 2 rings (SSSR count). The van der Waals surface area contributed by atoms with E-state index in [0.717, 1.165) is 10.8 Å². The maximum Gasteiger partial charge on any atom is 0.233 e. The molecule has 0 radical (unpaired) electrons. The summed E-state index contributed by atoms with van der Waals surface area (Å²) in [6.45, 7) is 6.40. The van der Waals surface area contributed by atoms with Crippen LogP contribution in [0.4, 0.5) is 5.13 Å². The number of carbonyl (C=O) groups is 1. The van der Waals surface area contributed by atoms with Crippen molar-refractivity contribution in [2.45, 2.75) is 55.7 Å². The molecule has 1 aliphatic carbocycles. The molecule has 1 aromatic heterocycles. The number of thioether (sulfide) groups is 1. The van der Waals surface area contributed by atoms with E-state index in [1.807, 2.05) is 6.92 Å². The molecule has 0 saturated heterocycles. The Bertz CT molecular complexity index is 465. The molecule has 3 N–H and O–H groups in total. The van der Waals surface area contributed by atoms with Crippen LogP contribution in [0.2, 0.25) is 0 Å². The molecule has 1 amide bonds. The third-order valence-corrected chi connectivity index (χ3v) is 6.04. The van der Waals surface area contributed by atoms with Gasteiger partial charge in [0.15, 0.2) is 4.34 Å². The van der Waals surface area contributed by atoms with Gasteiger partial charge in [-0.25, -0.2) is 0 Å². The lowest BCUT2D eigenvalue weighted by Gasteiger charge is -2.35. The fourth-order valence-corrected chi connectivity index (χ4v) is 4.35. The Balaban J connectivity index is 1.87. The number of rotatable bonds is 4. The van der Waals surface area contributed by atoms with Crippen molar-refractivity contribution >= 4 is 34.1 Å². The first-order chi connectivity index (χ1) is 9.47. The maximum absolute atomic E-state index is 12.3. The van der Waals surface area contributed by atoms with E-state index in [9.17, 15) is 4.79 Å². The molecular weight excluding hydrogens is 292 g/mol. The van der Waals surface area contributed by atoms with Gasteiger partial charge in [0.2, 0.25) is 11.0 Å². The van der Waals surface area contributed by atoms with Crippen molar-refractivity contribution in [3.05, 3.63) is 0 Å². The lowest BCUT2D eigenvalue weighted by Crippen LogP contribution is -2.46. The fourth-order valence-electron chi connectivity index (χ4n) is 2.56. The molecule has 1 saturated carbocycles. The van der Waals surface area contributed by atoms with Gasteiger partial charge in [-0.2, -0.15) is 0 Å². The zero-order chi connectivity index (χ0) is 14.7. The third kappa shape index (κ3) is 3.85. The highest BCUT2D eigenvalue weighted by atomic mass is 32.2. The highest BCUT2D eigenvalue weighted by molar-refractivity contribution is 8.02. The summed E-state index contributed by atoms with van der Waals surface area (Å²) in [5.41, 5.74) is 5.54. The smallest absolute Gasteiger partial charge is 0.233 e. The number of anilines is 1. The fraction of sp³-hybridized carbons (Fsp3) is 0.769. The Hall–Kier alpha value is -0.820. The second-order valence-electron chi connectivity index (χ2n) is 5.55. The van der Waals surface area contributed by atoms with Gasteiger partial charge in [-0.05, 0) is 25.2 Å². The predicted octanol–water partition coefficient (Wildman–Crippen LogP) is 2.54. The highest BCUT2D eigenvalue weighted by Crippen LogP contribution is 2.31. The first-order valence-electron chi connectivity index (χ1n) is 7.03. The molecule has 1 heterocycles. The molecule has 7 heteroatoms. The summed E-state index contributed by atoms with van der Waals surface area (Å²) in [7, 11) is 0. The van der Waals surface area contributed by atoms with Crippen molar-refractivity contribution in [1.29, 1.82) is 0 Å². The number of nitrogen functional groups attached to an aromatic ring is 1. The van der Waals surface area contributed by atoms with E-state index >= 15 is 0 Å². The van der Waals surface area contributed by atoms with Gasteiger partial charge in [-0.1, -0.05) is 49.8 Å². The lowest BCUT2D eigenvalue weighted by atomic mass is 9.78. The Morgan fingerprint density at radius 3 is 2.85 bits per heavy atom. The first kappa shape index (κ1) is 15.6. The molecule has 1 aliphatic rings. The standard InChI is InChI=1S/C13H22N4OS2/c1-7-5-4-6-10(8(7)2)15-11(18)9(3)19-13-17-16-12(14)20-13/h7-10H,4-6H2,1-3H3,(H2,14,16)(H,15,18). The molecule has 20 heavy (non-hydrogen) atoms. The van der Waals surface area contributed by atoms with Crippen LogP contribution in [0.15, 0.2) is 4.34 Å². The van der Waals surface area contributed by atoms with Crippen molar-refractivity contribution in [2.75, 3.05) is 5.73 Å². The molecule has 1 fully saturated rings.